The van der Waals surface area contributed by atoms with Crippen LogP contribution in [0, 0.1) is 0 Å². The van der Waals surface area contributed by atoms with Gasteiger partial charge in [0.2, 0.25) is 0 Å². The van der Waals surface area contributed by atoms with Crippen molar-refractivity contribution in [1.82, 2.24) is 4.57 Å². The molecule has 3 heteroatoms. The summed E-state index contributed by atoms with van der Waals surface area (Å²) in [6, 6.07) is 50.3. The van der Waals surface area contributed by atoms with E-state index in [0.29, 0.717) is 0 Å². The Morgan fingerprint density at radius 3 is 2.05 bits per heavy atom. The van der Waals surface area contributed by atoms with Crippen LogP contribution in [0.15, 0.2) is 144 Å². The Bertz CT molecular complexity index is 2740. The lowest BCUT2D eigenvalue weighted by molar-refractivity contribution is 0.669. The van der Waals surface area contributed by atoms with Crippen LogP contribution in [0.1, 0.15) is 0 Å². The topological polar surface area (TPSA) is 18.1 Å². The Kier molecular flexibility index (Phi) is 4.63. The molecule has 0 spiro atoms. The number of thiophene rings is 1. The highest BCUT2D eigenvalue weighted by Crippen LogP contribution is 2.48. The summed E-state index contributed by atoms with van der Waals surface area (Å²) in [5, 5.41) is 10.2. The molecular formula is C40H23NOS. The first kappa shape index (κ1) is 23.2. The Morgan fingerprint density at radius 2 is 1.16 bits per heavy atom. The number of fused-ring (bicyclic) bond motifs is 13. The van der Waals surface area contributed by atoms with Crippen LogP contribution < -0.4 is 0 Å². The molecule has 3 heterocycles. The average Bonchev–Trinajstić information content (AvgIpc) is 3.75. The van der Waals surface area contributed by atoms with Crippen molar-refractivity contribution < 1.29 is 4.42 Å². The second-order valence-electron chi connectivity index (χ2n) is 11.3. The molecule has 0 saturated heterocycles. The van der Waals surface area contributed by atoms with Crippen molar-refractivity contribution in [3.63, 3.8) is 0 Å². The molecule has 0 N–H and O–H groups in total. The van der Waals surface area contributed by atoms with Gasteiger partial charge in [0.25, 0.3) is 0 Å². The van der Waals surface area contributed by atoms with Gasteiger partial charge < -0.3 is 8.98 Å². The number of hydrogen-bond donors (Lipinski definition) is 0. The number of hydrogen-bond acceptors (Lipinski definition) is 2. The number of rotatable bonds is 2. The first-order chi connectivity index (χ1) is 21.3. The van der Waals surface area contributed by atoms with Gasteiger partial charge in [-0.3, -0.25) is 0 Å². The summed E-state index contributed by atoms with van der Waals surface area (Å²) in [6.07, 6.45) is 0. The van der Waals surface area contributed by atoms with Gasteiger partial charge in [0.15, 0.2) is 0 Å². The molecule has 7 aromatic carbocycles. The van der Waals surface area contributed by atoms with Crippen LogP contribution in [-0.2, 0) is 0 Å². The van der Waals surface area contributed by atoms with Crippen LogP contribution in [-0.4, -0.2) is 4.57 Å². The molecule has 0 aliphatic rings. The fraction of sp³-hybridized carbons (Fsp3) is 0. The maximum absolute atomic E-state index is 6.25. The van der Waals surface area contributed by atoms with Crippen LogP contribution in [0.3, 0.4) is 0 Å². The van der Waals surface area contributed by atoms with E-state index in [1.807, 2.05) is 23.5 Å². The summed E-state index contributed by atoms with van der Waals surface area (Å²) < 4.78 is 11.4. The zero-order valence-corrected chi connectivity index (χ0v) is 23.9. The summed E-state index contributed by atoms with van der Waals surface area (Å²) in [6.45, 7) is 0. The van der Waals surface area contributed by atoms with Crippen LogP contribution in [0.25, 0.3) is 91.5 Å². The third-order valence-corrected chi connectivity index (χ3v) is 10.1. The first-order valence-electron chi connectivity index (χ1n) is 14.6. The fourth-order valence-corrected chi connectivity index (χ4v) is 8.48. The molecule has 0 saturated carbocycles. The van der Waals surface area contributed by atoms with Crippen molar-refractivity contribution in [3.05, 3.63) is 140 Å². The molecule has 0 fully saturated rings. The summed E-state index contributed by atoms with van der Waals surface area (Å²) in [5.74, 6) is 0. The molecule has 43 heavy (non-hydrogen) atoms. The molecule has 10 rings (SSSR count). The van der Waals surface area contributed by atoms with Crippen molar-refractivity contribution in [3.8, 4) is 16.8 Å². The third-order valence-electron chi connectivity index (χ3n) is 8.97. The number of benzene rings is 7. The van der Waals surface area contributed by atoms with Crippen molar-refractivity contribution in [2.45, 2.75) is 0 Å². The Labute approximate surface area is 250 Å². The van der Waals surface area contributed by atoms with E-state index in [9.17, 15) is 0 Å². The van der Waals surface area contributed by atoms with Crippen LogP contribution in [0.5, 0.6) is 0 Å². The molecule has 0 amide bonds. The minimum atomic E-state index is 0.916. The van der Waals surface area contributed by atoms with E-state index in [-0.39, 0.29) is 0 Å². The minimum Gasteiger partial charge on any atom is -0.456 e. The first-order valence-corrected chi connectivity index (χ1v) is 15.4. The van der Waals surface area contributed by atoms with Gasteiger partial charge in [0.05, 0.1) is 15.7 Å². The molecule has 2 nitrogen and oxygen atoms in total. The van der Waals surface area contributed by atoms with Gasteiger partial charge in [0, 0.05) is 42.7 Å². The lowest BCUT2D eigenvalue weighted by Gasteiger charge is -2.12. The summed E-state index contributed by atoms with van der Waals surface area (Å²) in [5.41, 5.74) is 7.85. The lowest BCUT2D eigenvalue weighted by atomic mass is 9.98. The van der Waals surface area contributed by atoms with E-state index in [2.05, 4.69) is 132 Å². The maximum atomic E-state index is 6.25. The predicted octanol–water partition coefficient (Wildman–Crippen LogP) is 11.9. The number of aromatic nitrogens is 1. The summed E-state index contributed by atoms with van der Waals surface area (Å²) in [4.78, 5) is 0. The SMILES string of the molecule is c1cc(-c2cccc3oc4ccccc4c23)cc(-n2c3ccccc3c3c4ccccc4c4c5ccccc5sc4c32)c1. The second kappa shape index (κ2) is 8.57. The highest BCUT2D eigenvalue weighted by Gasteiger charge is 2.22. The van der Waals surface area contributed by atoms with Gasteiger partial charge in [-0.05, 0) is 58.3 Å². The van der Waals surface area contributed by atoms with Gasteiger partial charge in [-0.2, -0.15) is 0 Å². The fourth-order valence-electron chi connectivity index (χ4n) is 7.22. The smallest absolute Gasteiger partial charge is 0.136 e. The van der Waals surface area contributed by atoms with E-state index in [0.717, 1.165) is 27.6 Å². The van der Waals surface area contributed by atoms with E-state index < -0.39 is 0 Å². The third kappa shape index (κ3) is 3.12. The molecule has 0 radical (unpaired) electrons. The molecule has 0 aliphatic carbocycles. The number of nitrogens with zero attached hydrogens (tertiary/aromatic N) is 1. The molecule has 200 valence electrons. The van der Waals surface area contributed by atoms with E-state index in [1.54, 1.807) is 0 Å². The molecule has 0 aliphatic heterocycles. The standard InChI is InChI=1S/C40H23NOS/c1-2-14-28-27(13-1)37-29-15-3-6-19-32(29)41(39(37)40-38(28)31-17-5-8-22-35(31)43-40)25-12-9-11-24(23-25)26-18-10-21-34-36(26)30-16-4-7-20-33(30)42-34/h1-23H. The highest BCUT2D eigenvalue weighted by molar-refractivity contribution is 7.27. The molecular weight excluding hydrogens is 543 g/mol. The number of furan rings is 1. The normalized spacial score (nSPS) is 12.2. The summed E-state index contributed by atoms with van der Waals surface area (Å²) in [7, 11) is 0. The monoisotopic (exact) mass is 565 g/mol. The summed E-state index contributed by atoms with van der Waals surface area (Å²) >= 11 is 1.90. The van der Waals surface area contributed by atoms with Crippen molar-refractivity contribution in [2.24, 2.45) is 0 Å². The molecule has 0 bridgehead atoms. The highest BCUT2D eigenvalue weighted by atomic mass is 32.1. The van der Waals surface area contributed by atoms with E-state index in [1.165, 1.54) is 63.9 Å². The average molecular weight is 566 g/mol. The van der Waals surface area contributed by atoms with Gasteiger partial charge >= 0.3 is 0 Å². The Balaban J connectivity index is 1.36. The minimum absolute atomic E-state index is 0.916. The zero-order chi connectivity index (χ0) is 28.1. The largest absolute Gasteiger partial charge is 0.456 e. The molecule has 3 aromatic heterocycles. The van der Waals surface area contributed by atoms with Gasteiger partial charge in [-0.25, -0.2) is 0 Å². The molecule has 10 aromatic rings. The Hall–Kier alpha value is -5.38. The molecule has 0 atom stereocenters. The predicted molar refractivity (Wildman–Crippen MR) is 184 cm³/mol. The maximum Gasteiger partial charge on any atom is 0.136 e. The second-order valence-corrected chi connectivity index (χ2v) is 12.3. The quantitative estimate of drug-likeness (QED) is 0.204. The van der Waals surface area contributed by atoms with Crippen LogP contribution >= 0.6 is 11.3 Å². The van der Waals surface area contributed by atoms with Crippen molar-refractivity contribution in [1.29, 1.82) is 0 Å². The van der Waals surface area contributed by atoms with Gasteiger partial charge in [0.1, 0.15) is 11.2 Å². The van der Waals surface area contributed by atoms with E-state index >= 15 is 0 Å². The van der Waals surface area contributed by atoms with Gasteiger partial charge in [-0.1, -0.05) is 103 Å². The number of para-hydroxylation sites is 2. The molecule has 0 unspecified atom stereocenters. The van der Waals surface area contributed by atoms with Crippen molar-refractivity contribution in [2.75, 3.05) is 0 Å². The van der Waals surface area contributed by atoms with Crippen LogP contribution in [0.2, 0.25) is 0 Å². The lowest BCUT2D eigenvalue weighted by Crippen LogP contribution is -1.95. The van der Waals surface area contributed by atoms with Crippen molar-refractivity contribution >= 4 is 86.0 Å². The Morgan fingerprint density at radius 1 is 0.488 bits per heavy atom. The van der Waals surface area contributed by atoms with Crippen LogP contribution in [0.4, 0.5) is 0 Å². The zero-order valence-electron chi connectivity index (χ0n) is 23.0. The van der Waals surface area contributed by atoms with Gasteiger partial charge in [-0.15, -0.1) is 11.3 Å². The van der Waals surface area contributed by atoms with E-state index in [4.69, 9.17) is 4.42 Å².